The number of thiophene rings is 1. The molecule has 0 aliphatic rings. The second kappa shape index (κ2) is 3.72. The Hall–Kier alpha value is -1.67. The molecule has 0 unspecified atom stereocenters. The Morgan fingerprint density at radius 1 is 1.00 bits per heavy atom. The molecular formula is C14H11NS. The van der Waals surface area contributed by atoms with Gasteiger partial charge in [-0.25, -0.2) is 0 Å². The summed E-state index contributed by atoms with van der Waals surface area (Å²) in [6.45, 7) is 2.02. The maximum Gasteiger partial charge on any atom is 0.0805 e. The molecule has 1 nitrogen and oxygen atoms in total. The van der Waals surface area contributed by atoms with E-state index in [1.165, 1.54) is 15.0 Å². The minimum atomic E-state index is 1.06. The minimum absolute atomic E-state index is 1.06. The molecule has 0 aliphatic carbocycles. The van der Waals surface area contributed by atoms with E-state index >= 15 is 0 Å². The van der Waals surface area contributed by atoms with Gasteiger partial charge in [-0.05, 0) is 36.6 Å². The normalized spacial score (nSPS) is 10.8. The lowest BCUT2D eigenvalue weighted by molar-refractivity contribution is 1.21. The molecule has 0 radical (unpaired) electrons. The van der Waals surface area contributed by atoms with Crippen molar-refractivity contribution in [2.45, 2.75) is 6.92 Å². The van der Waals surface area contributed by atoms with Crippen molar-refractivity contribution in [2.24, 2.45) is 0 Å². The SMILES string of the molecule is Cc1cccc(-c2cc3ccccc3s2)n1. The number of nitrogens with zero attached hydrogens (tertiary/aromatic N) is 1. The van der Waals surface area contributed by atoms with Gasteiger partial charge >= 0.3 is 0 Å². The van der Waals surface area contributed by atoms with Crippen LogP contribution in [0.1, 0.15) is 5.69 Å². The second-order valence-electron chi connectivity index (χ2n) is 3.81. The van der Waals surface area contributed by atoms with Crippen LogP contribution in [0.4, 0.5) is 0 Å². The molecule has 0 atom stereocenters. The molecule has 16 heavy (non-hydrogen) atoms. The van der Waals surface area contributed by atoms with Crippen LogP contribution in [0, 0.1) is 6.92 Å². The van der Waals surface area contributed by atoms with E-state index in [0.717, 1.165) is 11.4 Å². The summed E-state index contributed by atoms with van der Waals surface area (Å²) >= 11 is 1.80. The van der Waals surface area contributed by atoms with Crippen molar-refractivity contribution in [1.82, 2.24) is 4.98 Å². The summed E-state index contributed by atoms with van der Waals surface area (Å²) in [5.41, 5.74) is 2.14. The molecule has 0 fully saturated rings. The molecule has 78 valence electrons. The van der Waals surface area contributed by atoms with Crippen molar-refractivity contribution in [3.63, 3.8) is 0 Å². The van der Waals surface area contributed by atoms with E-state index in [2.05, 4.69) is 47.4 Å². The zero-order chi connectivity index (χ0) is 11.0. The first-order chi connectivity index (χ1) is 7.83. The smallest absolute Gasteiger partial charge is 0.0805 e. The van der Waals surface area contributed by atoms with Crippen LogP contribution in [-0.2, 0) is 0 Å². The fourth-order valence-corrected chi connectivity index (χ4v) is 2.82. The van der Waals surface area contributed by atoms with E-state index < -0.39 is 0 Å². The Morgan fingerprint density at radius 3 is 2.69 bits per heavy atom. The fraction of sp³-hybridized carbons (Fsp3) is 0.0714. The van der Waals surface area contributed by atoms with Gasteiger partial charge in [-0.1, -0.05) is 24.3 Å². The molecule has 0 amide bonds. The summed E-state index contributed by atoms with van der Waals surface area (Å²) in [6.07, 6.45) is 0. The Kier molecular flexibility index (Phi) is 2.22. The van der Waals surface area contributed by atoms with Crippen LogP contribution in [-0.4, -0.2) is 4.98 Å². The Labute approximate surface area is 98.4 Å². The number of hydrogen-bond acceptors (Lipinski definition) is 2. The summed E-state index contributed by atoms with van der Waals surface area (Å²) in [4.78, 5) is 5.79. The van der Waals surface area contributed by atoms with E-state index in [0.29, 0.717) is 0 Å². The molecule has 2 heteroatoms. The molecular weight excluding hydrogens is 214 g/mol. The number of rotatable bonds is 1. The van der Waals surface area contributed by atoms with Gasteiger partial charge in [-0.3, -0.25) is 4.98 Å². The molecule has 0 aliphatic heterocycles. The first-order valence-electron chi connectivity index (χ1n) is 5.25. The summed E-state index contributed by atoms with van der Waals surface area (Å²) in [6, 6.07) is 16.8. The molecule has 1 aromatic carbocycles. The highest BCUT2D eigenvalue weighted by Crippen LogP contribution is 2.32. The third-order valence-corrected chi connectivity index (χ3v) is 3.70. The molecule has 0 saturated carbocycles. The van der Waals surface area contributed by atoms with Gasteiger partial charge in [0.15, 0.2) is 0 Å². The van der Waals surface area contributed by atoms with Gasteiger partial charge in [-0.15, -0.1) is 11.3 Å². The van der Waals surface area contributed by atoms with Crippen LogP contribution >= 0.6 is 11.3 Å². The monoisotopic (exact) mass is 225 g/mol. The molecule has 3 rings (SSSR count). The predicted molar refractivity (Wildman–Crippen MR) is 69.8 cm³/mol. The standard InChI is InChI=1S/C14H11NS/c1-10-5-4-7-12(15-10)14-9-11-6-2-3-8-13(11)16-14/h2-9H,1H3. The fourth-order valence-electron chi connectivity index (χ4n) is 1.79. The summed E-state index contributed by atoms with van der Waals surface area (Å²) in [7, 11) is 0. The minimum Gasteiger partial charge on any atom is -0.252 e. The lowest BCUT2D eigenvalue weighted by atomic mass is 10.2. The van der Waals surface area contributed by atoms with Crippen LogP contribution < -0.4 is 0 Å². The van der Waals surface area contributed by atoms with E-state index in [4.69, 9.17) is 0 Å². The topological polar surface area (TPSA) is 12.9 Å². The van der Waals surface area contributed by atoms with E-state index in [9.17, 15) is 0 Å². The number of aryl methyl sites for hydroxylation is 1. The van der Waals surface area contributed by atoms with Crippen LogP contribution in [0.5, 0.6) is 0 Å². The van der Waals surface area contributed by atoms with Gasteiger partial charge in [0.1, 0.15) is 0 Å². The van der Waals surface area contributed by atoms with Crippen molar-refractivity contribution < 1.29 is 0 Å². The third-order valence-electron chi connectivity index (χ3n) is 2.57. The van der Waals surface area contributed by atoms with Crippen molar-refractivity contribution >= 4 is 21.4 Å². The first kappa shape index (κ1) is 9.55. The average Bonchev–Trinajstić information content (AvgIpc) is 2.72. The molecule has 0 saturated heterocycles. The zero-order valence-corrected chi connectivity index (χ0v) is 9.79. The van der Waals surface area contributed by atoms with Crippen molar-refractivity contribution in [3.05, 3.63) is 54.2 Å². The van der Waals surface area contributed by atoms with Crippen molar-refractivity contribution in [2.75, 3.05) is 0 Å². The lowest BCUT2D eigenvalue weighted by Gasteiger charge is -1.96. The molecule has 3 aromatic rings. The number of hydrogen-bond donors (Lipinski definition) is 0. The highest BCUT2D eigenvalue weighted by atomic mass is 32.1. The largest absolute Gasteiger partial charge is 0.252 e. The van der Waals surface area contributed by atoms with Gasteiger partial charge in [0.25, 0.3) is 0 Å². The highest BCUT2D eigenvalue weighted by Gasteiger charge is 2.04. The van der Waals surface area contributed by atoms with Crippen molar-refractivity contribution in [1.29, 1.82) is 0 Å². The summed E-state index contributed by atoms with van der Waals surface area (Å²) < 4.78 is 1.32. The van der Waals surface area contributed by atoms with Crippen LogP contribution in [0.2, 0.25) is 0 Å². The molecule has 2 aromatic heterocycles. The van der Waals surface area contributed by atoms with Crippen LogP contribution in [0.25, 0.3) is 20.7 Å². The number of fused-ring (bicyclic) bond motifs is 1. The van der Waals surface area contributed by atoms with E-state index in [-0.39, 0.29) is 0 Å². The lowest BCUT2D eigenvalue weighted by Crippen LogP contribution is -1.82. The van der Waals surface area contributed by atoms with E-state index in [1.807, 2.05) is 13.0 Å². The molecule has 0 N–H and O–H groups in total. The Bertz CT molecular complexity index is 607. The molecule has 0 spiro atoms. The first-order valence-corrected chi connectivity index (χ1v) is 6.07. The van der Waals surface area contributed by atoms with E-state index in [1.54, 1.807) is 11.3 Å². The number of aromatic nitrogens is 1. The molecule has 0 bridgehead atoms. The quantitative estimate of drug-likeness (QED) is 0.602. The third kappa shape index (κ3) is 1.61. The Balaban J connectivity index is 2.19. The highest BCUT2D eigenvalue weighted by molar-refractivity contribution is 7.22. The Morgan fingerprint density at radius 2 is 1.88 bits per heavy atom. The van der Waals surface area contributed by atoms with Gasteiger partial charge in [-0.2, -0.15) is 0 Å². The number of benzene rings is 1. The predicted octanol–water partition coefficient (Wildman–Crippen LogP) is 4.27. The summed E-state index contributed by atoms with van der Waals surface area (Å²) in [5.74, 6) is 0. The van der Waals surface area contributed by atoms with Gasteiger partial charge in [0.2, 0.25) is 0 Å². The second-order valence-corrected chi connectivity index (χ2v) is 4.90. The maximum absolute atomic E-state index is 4.55. The van der Waals surface area contributed by atoms with Gasteiger partial charge < -0.3 is 0 Å². The van der Waals surface area contributed by atoms with Crippen molar-refractivity contribution in [3.8, 4) is 10.6 Å². The zero-order valence-electron chi connectivity index (χ0n) is 8.97. The van der Waals surface area contributed by atoms with Crippen LogP contribution in [0.15, 0.2) is 48.5 Å². The van der Waals surface area contributed by atoms with Gasteiger partial charge in [0, 0.05) is 10.4 Å². The molecule has 2 heterocycles. The maximum atomic E-state index is 4.55. The number of pyridine rings is 1. The van der Waals surface area contributed by atoms with Gasteiger partial charge in [0.05, 0.1) is 10.6 Å². The average molecular weight is 225 g/mol. The van der Waals surface area contributed by atoms with Crippen LogP contribution in [0.3, 0.4) is 0 Å². The summed E-state index contributed by atoms with van der Waals surface area (Å²) in [5, 5.41) is 1.30.